The standard InChI is InChI=1S/C16H19N3O2/c1-11-4-6-14(7-5-11)9-17-10-15-13(3)16(19(20)21)12(2)8-18-15/h4-8,17H,9-10H2,1-3H3. The number of aromatic nitrogens is 1. The summed E-state index contributed by atoms with van der Waals surface area (Å²) >= 11 is 0. The Morgan fingerprint density at radius 1 is 1.14 bits per heavy atom. The summed E-state index contributed by atoms with van der Waals surface area (Å²) in [7, 11) is 0. The zero-order valence-corrected chi connectivity index (χ0v) is 12.5. The van der Waals surface area contributed by atoms with E-state index in [4.69, 9.17) is 0 Å². The lowest BCUT2D eigenvalue weighted by molar-refractivity contribution is -0.386. The molecule has 110 valence electrons. The predicted octanol–water partition coefficient (Wildman–Crippen LogP) is 3.20. The van der Waals surface area contributed by atoms with Gasteiger partial charge in [0.05, 0.1) is 10.6 Å². The molecule has 0 aliphatic rings. The minimum Gasteiger partial charge on any atom is -0.307 e. The van der Waals surface area contributed by atoms with E-state index in [1.165, 1.54) is 11.1 Å². The van der Waals surface area contributed by atoms with Crippen molar-refractivity contribution in [1.82, 2.24) is 10.3 Å². The van der Waals surface area contributed by atoms with Crippen LogP contribution >= 0.6 is 0 Å². The van der Waals surface area contributed by atoms with Gasteiger partial charge in [-0.3, -0.25) is 15.1 Å². The van der Waals surface area contributed by atoms with E-state index in [1.807, 2.05) is 0 Å². The van der Waals surface area contributed by atoms with E-state index in [0.29, 0.717) is 24.2 Å². The molecule has 0 bridgehead atoms. The fourth-order valence-corrected chi connectivity index (χ4v) is 2.26. The lowest BCUT2D eigenvalue weighted by atomic mass is 10.1. The molecule has 5 heteroatoms. The Balaban J connectivity index is 2.05. The van der Waals surface area contributed by atoms with Crippen molar-refractivity contribution in [3.63, 3.8) is 0 Å². The SMILES string of the molecule is Cc1ccc(CNCc2ncc(C)c([N+](=O)[O-])c2C)cc1. The van der Waals surface area contributed by atoms with E-state index in [0.717, 1.165) is 5.69 Å². The van der Waals surface area contributed by atoms with Crippen molar-refractivity contribution in [1.29, 1.82) is 0 Å². The molecule has 0 aliphatic carbocycles. The molecule has 0 unspecified atom stereocenters. The van der Waals surface area contributed by atoms with E-state index in [-0.39, 0.29) is 10.6 Å². The fourth-order valence-electron chi connectivity index (χ4n) is 2.26. The van der Waals surface area contributed by atoms with Crippen LogP contribution in [0.5, 0.6) is 0 Å². The molecule has 0 saturated heterocycles. The summed E-state index contributed by atoms with van der Waals surface area (Å²) in [4.78, 5) is 15.0. The number of benzene rings is 1. The third kappa shape index (κ3) is 3.64. The predicted molar refractivity (Wildman–Crippen MR) is 82.1 cm³/mol. The van der Waals surface area contributed by atoms with Gasteiger partial charge < -0.3 is 5.32 Å². The van der Waals surface area contributed by atoms with Gasteiger partial charge in [-0.05, 0) is 26.3 Å². The van der Waals surface area contributed by atoms with Gasteiger partial charge in [-0.15, -0.1) is 0 Å². The summed E-state index contributed by atoms with van der Waals surface area (Å²) in [5.74, 6) is 0. The number of aryl methyl sites for hydroxylation is 2. The van der Waals surface area contributed by atoms with Crippen molar-refractivity contribution in [2.45, 2.75) is 33.9 Å². The molecular formula is C16H19N3O2. The molecule has 0 atom stereocenters. The summed E-state index contributed by atoms with van der Waals surface area (Å²) in [6, 6.07) is 8.27. The number of hydrogen-bond donors (Lipinski definition) is 1. The monoisotopic (exact) mass is 285 g/mol. The maximum absolute atomic E-state index is 11.1. The highest BCUT2D eigenvalue weighted by Gasteiger charge is 2.18. The van der Waals surface area contributed by atoms with Crippen molar-refractivity contribution in [2.75, 3.05) is 0 Å². The van der Waals surface area contributed by atoms with Crippen molar-refractivity contribution in [3.05, 3.63) is 68.5 Å². The Morgan fingerprint density at radius 3 is 2.43 bits per heavy atom. The van der Waals surface area contributed by atoms with Crippen LogP contribution in [0.1, 0.15) is 27.9 Å². The summed E-state index contributed by atoms with van der Waals surface area (Å²) in [6.07, 6.45) is 1.56. The Morgan fingerprint density at radius 2 is 1.81 bits per heavy atom. The van der Waals surface area contributed by atoms with Crippen LogP contribution in [0.15, 0.2) is 30.5 Å². The van der Waals surface area contributed by atoms with Crippen LogP contribution in [0.2, 0.25) is 0 Å². The molecule has 5 nitrogen and oxygen atoms in total. The van der Waals surface area contributed by atoms with E-state index >= 15 is 0 Å². The summed E-state index contributed by atoms with van der Waals surface area (Å²) < 4.78 is 0. The highest BCUT2D eigenvalue weighted by Crippen LogP contribution is 2.23. The van der Waals surface area contributed by atoms with Crippen molar-refractivity contribution < 1.29 is 4.92 Å². The Labute approximate surface area is 124 Å². The third-order valence-corrected chi connectivity index (χ3v) is 3.50. The Bertz CT molecular complexity index is 651. The minimum absolute atomic E-state index is 0.164. The summed E-state index contributed by atoms with van der Waals surface area (Å²) in [6.45, 7) is 6.74. The first-order valence-corrected chi connectivity index (χ1v) is 6.84. The first kappa shape index (κ1) is 15.1. The van der Waals surface area contributed by atoms with Gasteiger partial charge in [-0.1, -0.05) is 29.8 Å². The van der Waals surface area contributed by atoms with E-state index in [9.17, 15) is 10.1 Å². The topological polar surface area (TPSA) is 68.1 Å². The molecule has 0 radical (unpaired) electrons. The highest BCUT2D eigenvalue weighted by atomic mass is 16.6. The maximum atomic E-state index is 11.1. The lowest BCUT2D eigenvalue weighted by Gasteiger charge is -2.09. The van der Waals surface area contributed by atoms with Gasteiger partial charge in [0.25, 0.3) is 5.69 Å². The Hall–Kier alpha value is -2.27. The second kappa shape index (κ2) is 6.45. The highest BCUT2D eigenvalue weighted by molar-refractivity contribution is 5.47. The van der Waals surface area contributed by atoms with Gasteiger partial charge in [-0.2, -0.15) is 0 Å². The molecule has 1 aromatic heterocycles. The number of nitrogens with one attached hydrogen (secondary N) is 1. The molecule has 2 aromatic rings. The molecule has 0 aliphatic heterocycles. The molecule has 0 amide bonds. The van der Waals surface area contributed by atoms with Gasteiger partial charge in [0.15, 0.2) is 0 Å². The summed E-state index contributed by atoms with van der Waals surface area (Å²) in [5.41, 5.74) is 4.53. The van der Waals surface area contributed by atoms with E-state index in [2.05, 4.69) is 41.5 Å². The molecule has 1 aromatic carbocycles. The maximum Gasteiger partial charge on any atom is 0.278 e. The van der Waals surface area contributed by atoms with Crippen LogP contribution in [-0.2, 0) is 13.1 Å². The zero-order chi connectivity index (χ0) is 15.4. The molecule has 0 fully saturated rings. The second-order valence-electron chi connectivity index (χ2n) is 5.21. The fraction of sp³-hybridized carbons (Fsp3) is 0.312. The largest absolute Gasteiger partial charge is 0.307 e. The summed E-state index contributed by atoms with van der Waals surface area (Å²) in [5, 5.41) is 14.4. The molecular weight excluding hydrogens is 266 g/mol. The number of rotatable bonds is 5. The number of pyridine rings is 1. The molecule has 0 saturated carbocycles. The van der Waals surface area contributed by atoms with Gasteiger partial charge in [0, 0.05) is 30.4 Å². The van der Waals surface area contributed by atoms with Crippen LogP contribution in [-0.4, -0.2) is 9.91 Å². The zero-order valence-electron chi connectivity index (χ0n) is 12.5. The molecule has 2 rings (SSSR count). The molecule has 1 heterocycles. The van der Waals surface area contributed by atoms with Gasteiger partial charge in [0.1, 0.15) is 0 Å². The first-order chi connectivity index (χ1) is 9.99. The number of hydrogen-bond acceptors (Lipinski definition) is 4. The molecule has 0 spiro atoms. The van der Waals surface area contributed by atoms with Crippen LogP contribution in [0, 0.1) is 30.9 Å². The van der Waals surface area contributed by atoms with Crippen molar-refractivity contribution in [3.8, 4) is 0 Å². The van der Waals surface area contributed by atoms with E-state index < -0.39 is 0 Å². The number of nitrogens with zero attached hydrogens (tertiary/aromatic N) is 2. The van der Waals surface area contributed by atoms with E-state index in [1.54, 1.807) is 20.0 Å². The van der Waals surface area contributed by atoms with Crippen LogP contribution in [0.3, 0.4) is 0 Å². The lowest BCUT2D eigenvalue weighted by Crippen LogP contribution is -2.15. The van der Waals surface area contributed by atoms with Crippen LogP contribution in [0.4, 0.5) is 5.69 Å². The Kier molecular flexibility index (Phi) is 4.65. The molecule has 21 heavy (non-hydrogen) atoms. The normalized spacial score (nSPS) is 10.6. The van der Waals surface area contributed by atoms with Crippen molar-refractivity contribution in [2.24, 2.45) is 0 Å². The molecule has 1 N–H and O–H groups in total. The van der Waals surface area contributed by atoms with Crippen LogP contribution < -0.4 is 5.32 Å². The van der Waals surface area contributed by atoms with Gasteiger partial charge in [0.2, 0.25) is 0 Å². The van der Waals surface area contributed by atoms with Crippen molar-refractivity contribution >= 4 is 5.69 Å². The first-order valence-electron chi connectivity index (χ1n) is 6.84. The van der Waals surface area contributed by atoms with Gasteiger partial charge in [-0.25, -0.2) is 0 Å². The van der Waals surface area contributed by atoms with Crippen LogP contribution in [0.25, 0.3) is 0 Å². The minimum atomic E-state index is -0.337. The quantitative estimate of drug-likeness (QED) is 0.676. The van der Waals surface area contributed by atoms with Gasteiger partial charge >= 0.3 is 0 Å². The average molecular weight is 285 g/mol. The second-order valence-corrected chi connectivity index (χ2v) is 5.21. The smallest absolute Gasteiger partial charge is 0.278 e. The average Bonchev–Trinajstić information content (AvgIpc) is 2.43. The third-order valence-electron chi connectivity index (χ3n) is 3.50. The number of nitro groups is 1.